The van der Waals surface area contributed by atoms with E-state index >= 15 is 0 Å². The lowest BCUT2D eigenvalue weighted by atomic mass is 9.68. The van der Waals surface area contributed by atoms with E-state index in [0.29, 0.717) is 43.0 Å². The molecule has 4 aliphatic rings. The Balaban J connectivity index is 1.33. The minimum absolute atomic E-state index is 0.0584. The van der Waals surface area contributed by atoms with Crippen LogP contribution >= 0.6 is 0 Å². The molecule has 1 aromatic carbocycles. The minimum Gasteiger partial charge on any atom is -0.489 e. The summed E-state index contributed by atoms with van der Waals surface area (Å²) in [5.74, 6) is 0.359. The maximum atomic E-state index is 14.7. The van der Waals surface area contributed by atoms with Gasteiger partial charge in [0.15, 0.2) is 11.6 Å². The molecule has 266 valence electrons. The Morgan fingerprint density at radius 1 is 1.18 bits per heavy atom. The van der Waals surface area contributed by atoms with Crippen LogP contribution in [-0.4, -0.2) is 68.9 Å². The molecule has 1 N–H and O–H groups in total. The number of ether oxygens (including phenoxy) is 2. The number of nitrogens with one attached hydrogen (secondary N) is 1. The van der Waals surface area contributed by atoms with Gasteiger partial charge in [0.05, 0.1) is 29.7 Å². The van der Waals surface area contributed by atoms with Gasteiger partial charge in [-0.15, -0.1) is 4.36 Å². The van der Waals surface area contributed by atoms with Crippen LogP contribution in [-0.2, 0) is 33.5 Å². The molecule has 2 aromatic heterocycles. The number of anilines is 1. The number of carbonyl (C=O) groups is 2. The lowest BCUT2D eigenvalue weighted by Gasteiger charge is -2.45. The van der Waals surface area contributed by atoms with Gasteiger partial charge in [-0.1, -0.05) is 42.8 Å². The monoisotopic (exact) mass is 700 g/mol. The first-order valence-electron chi connectivity index (χ1n) is 17.8. The van der Waals surface area contributed by atoms with Gasteiger partial charge >= 0.3 is 5.91 Å². The Morgan fingerprint density at radius 3 is 2.76 bits per heavy atom. The first kappa shape index (κ1) is 34.4. The molecule has 1 spiro atoms. The first-order valence-corrected chi connectivity index (χ1v) is 19.4. The highest BCUT2D eigenvalue weighted by molar-refractivity contribution is 7.93. The molecule has 7 unspecified atom stereocenters. The third kappa shape index (κ3) is 6.48. The van der Waals surface area contributed by atoms with E-state index in [-0.39, 0.29) is 28.7 Å². The molecule has 3 aromatic rings. The van der Waals surface area contributed by atoms with Crippen LogP contribution in [0, 0.1) is 24.7 Å². The average molecular weight is 701 g/mol. The Kier molecular flexibility index (Phi) is 9.36. The molecule has 2 aliphatic heterocycles. The molecule has 1 fully saturated rings. The Bertz CT molecular complexity index is 1950. The number of benzene rings is 1. The highest BCUT2D eigenvalue weighted by Crippen LogP contribution is 2.46. The van der Waals surface area contributed by atoms with Gasteiger partial charge in [0, 0.05) is 38.9 Å². The largest absolute Gasteiger partial charge is 0.489 e. The normalized spacial score (nSPS) is 31.7. The van der Waals surface area contributed by atoms with Crippen molar-refractivity contribution in [2.45, 2.75) is 76.1 Å². The Hall–Kier alpha value is -4.03. The molecule has 0 radical (unpaired) electrons. The number of amides is 2. The van der Waals surface area contributed by atoms with E-state index < -0.39 is 27.0 Å². The number of nitrogens with zero attached hydrogens (tertiary/aromatic N) is 5. The van der Waals surface area contributed by atoms with Gasteiger partial charge in [0.2, 0.25) is 0 Å². The van der Waals surface area contributed by atoms with Crippen LogP contribution in [0.25, 0.3) is 0 Å². The van der Waals surface area contributed by atoms with Gasteiger partial charge in [-0.05, 0) is 93.4 Å². The van der Waals surface area contributed by atoms with Crippen molar-refractivity contribution >= 4 is 27.5 Å². The molecule has 11 nitrogen and oxygen atoms in total. The van der Waals surface area contributed by atoms with Crippen molar-refractivity contribution in [3.63, 3.8) is 0 Å². The van der Waals surface area contributed by atoms with Crippen LogP contribution in [0.5, 0.6) is 5.75 Å². The number of allylic oxidation sites excluding steroid dienone is 1. The van der Waals surface area contributed by atoms with Crippen molar-refractivity contribution in [2.75, 3.05) is 31.7 Å². The first-order chi connectivity index (χ1) is 24.0. The number of hydrogen-bond donors (Lipinski definition) is 1. The fourth-order valence-corrected chi connectivity index (χ4v) is 10.1. The van der Waals surface area contributed by atoms with Gasteiger partial charge in [0.25, 0.3) is 5.91 Å². The van der Waals surface area contributed by atoms with E-state index in [4.69, 9.17) is 14.5 Å². The third-order valence-corrected chi connectivity index (χ3v) is 13.9. The van der Waals surface area contributed by atoms with E-state index in [1.54, 1.807) is 33.2 Å². The van der Waals surface area contributed by atoms with Crippen molar-refractivity contribution in [3.8, 4) is 5.75 Å². The van der Waals surface area contributed by atoms with Crippen molar-refractivity contribution in [1.29, 1.82) is 0 Å². The van der Waals surface area contributed by atoms with Gasteiger partial charge in [-0.2, -0.15) is 5.10 Å². The number of pyridine rings is 1. The van der Waals surface area contributed by atoms with Crippen molar-refractivity contribution in [3.05, 3.63) is 82.8 Å². The summed E-state index contributed by atoms with van der Waals surface area (Å²) in [5.41, 5.74) is 4.00. The number of rotatable bonds is 3. The standard InChI is InChI=1S/C38H48N6O5S/c1-24-11-14-31-27(18-24)9-7-17-38(31)22-44-21-28-12-13-30(28)33(48-5)10-6-8-25(2)26(3)50(47,41-36(45)29-19-39-43(4)20-29)42-37(46)32-15-16-34(49-23-38)35(44)40-32/h6,10-11,14-16,18-20,25-26,28,30,33H,7-9,12-13,17,21-23H2,1-5H3,(H,41,42,45,46,47)/b10-6+. The predicted octanol–water partition coefficient (Wildman–Crippen LogP) is 5.58. The highest BCUT2D eigenvalue weighted by Gasteiger charge is 2.45. The van der Waals surface area contributed by atoms with E-state index in [0.717, 1.165) is 38.6 Å². The SMILES string of the molecule is COC1/C=C/CC(C)C(C)S(=O)(NC(=O)c2cnn(C)c2)=NC(=O)c2ccc3c(n2)N(CC2CCC21)CC1(CCCc2cc(C)ccc21)CO3. The molecule has 2 aliphatic carbocycles. The van der Waals surface area contributed by atoms with Crippen molar-refractivity contribution < 1.29 is 23.3 Å². The van der Waals surface area contributed by atoms with Gasteiger partial charge in [-0.25, -0.2) is 9.19 Å². The minimum atomic E-state index is -3.62. The van der Waals surface area contributed by atoms with E-state index in [1.807, 2.05) is 6.92 Å². The Morgan fingerprint density at radius 2 is 2.02 bits per heavy atom. The molecule has 7 rings (SSSR count). The quantitative estimate of drug-likeness (QED) is 0.351. The summed E-state index contributed by atoms with van der Waals surface area (Å²) < 4.78 is 35.8. The van der Waals surface area contributed by atoms with Crippen LogP contribution in [0.3, 0.4) is 0 Å². The summed E-state index contributed by atoms with van der Waals surface area (Å²) in [6, 6.07) is 10.2. The lowest BCUT2D eigenvalue weighted by Crippen LogP contribution is -2.49. The summed E-state index contributed by atoms with van der Waals surface area (Å²) in [4.78, 5) is 34.6. The highest BCUT2D eigenvalue weighted by atomic mass is 32.2. The second-order valence-electron chi connectivity index (χ2n) is 14.8. The summed E-state index contributed by atoms with van der Waals surface area (Å²) in [6.07, 6.45) is 12.9. The van der Waals surface area contributed by atoms with Gasteiger partial charge in [0.1, 0.15) is 15.6 Å². The number of methoxy groups -OCH3 is 1. The molecule has 0 saturated heterocycles. The van der Waals surface area contributed by atoms with Crippen LogP contribution in [0.4, 0.5) is 5.82 Å². The zero-order valence-electron chi connectivity index (χ0n) is 29.6. The van der Waals surface area contributed by atoms with E-state index in [2.05, 4.69) is 56.4 Å². The molecule has 2 amide bonds. The number of carbonyl (C=O) groups excluding carboxylic acids is 2. The predicted molar refractivity (Wildman–Crippen MR) is 193 cm³/mol. The molecular formula is C38H48N6O5S. The molecular weight excluding hydrogens is 653 g/mol. The van der Waals surface area contributed by atoms with Gasteiger partial charge in [-0.3, -0.25) is 19.0 Å². The second kappa shape index (κ2) is 13.6. The molecule has 2 bridgehead atoms. The third-order valence-electron chi connectivity index (χ3n) is 11.5. The molecule has 50 heavy (non-hydrogen) atoms. The van der Waals surface area contributed by atoms with Crippen LogP contribution in [0.15, 0.2) is 59.2 Å². The second-order valence-corrected chi connectivity index (χ2v) is 17.1. The number of aryl methyl sites for hydroxylation is 3. The van der Waals surface area contributed by atoms with Crippen LogP contribution in [0.1, 0.15) is 83.5 Å². The van der Waals surface area contributed by atoms with Crippen LogP contribution in [0.2, 0.25) is 0 Å². The topological polar surface area (TPSA) is 128 Å². The lowest BCUT2D eigenvalue weighted by molar-refractivity contribution is 0.0131. The fraction of sp³-hybridized carbons (Fsp3) is 0.526. The zero-order chi connectivity index (χ0) is 35.2. The zero-order valence-corrected chi connectivity index (χ0v) is 30.4. The summed E-state index contributed by atoms with van der Waals surface area (Å²) in [5, 5.41) is 3.40. The molecule has 1 saturated carbocycles. The van der Waals surface area contributed by atoms with Gasteiger partial charge < -0.3 is 14.4 Å². The summed E-state index contributed by atoms with van der Waals surface area (Å²) >= 11 is 0. The molecule has 12 heteroatoms. The number of hydrogen-bond acceptors (Lipinski definition) is 8. The summed E-state index contributed by atoms with van der Waals surface area (Å²) in [7, 11) is -0.164. The smallest absolute Gasteiger partial charge is 0.305 e. The van der Waals surface area contributed by atoms with E-state index in [9.17, 15) is 13.8 Å². The fourth-order valence-electron chi connectivity index (χ4n) is 8.23. The van der Waals surface area contributed by atoms with E-state index in [1.165, 1.54) is 33.8 Å². The maximum absolute atomic E-state index is 14.7. The van der Waals surface area contributed by atoms with Crippen molar-refractivity contribution in [1.82, 2.24) is 19.5 Å². The molecule has 4 heterocycles. The Labute approximate surface area is 295 Å². The average Bonchev–Trinajstić information content (AvgIpc) is 3.47. The van der Waals surface area contributed by atoms with Crippen LogP contribution < -0.4 is 14.4 Å². The molecule has 7 atom stereocenters. The van der Waals surface area contributed by atoms with Crippen molar-refractivity contribution in [2.24, 2.45) is 29.2 Å². The number of fused-ring (bicyclic) bond motifs is 4. The number of aromatic nitrogens is 3. The maximum Gasteiger partial charge on any atom is 0.305 e. The summed E-state index contributed by atoms with van der Waals surface area (Å²) in [6.45, 7) is 7.81.